The van der Waals surface area contributed by atoms with Gasteiger partial charge in [-0.3, -0.25) is 9.59 Å². The minimum atomic E-state index is -0.599. The van der Waals surface area contributed by atoms with Crippen molar-refractivity contribution in [3.63, 3.8) is 0 Å². The highest BCUT2D eigenvalue weighted by atomic mass is 16.2. The van der Waals surface area contributed by atoms with E-state index < -0.39 is 11.8 Å². The predicted octanol–water partition coefficient (Wildman–Crippen LogP) is 1.36. The van der Waals surface area contributed by atoms with Crippen LogP contribution in [0.2, 0.25) is 0 Å². The number of anilines is 3. The quantitative estimate of drug-likeness (QED) is 0.810. The largest absolute Gasteiger partial charge is 0.372 e. The van der Waals surface area contributed by atoms with Gasteiger partial charge in [-0.1, -0.05) is 0 Å². The number of benzene rings is 1. The molecule has 0 radical (unpaired) electrons. The molecule has 0 spiro atoms. The molecule has 146 valence electrons. The normalized spacial score (nSPS) is 16.9. The Bertz CT molecular complexity index is 812. The number of hydrogen-bond donors (Lipinski definition) is 1. The number of nitrogens with zero attached hydrogens (tertiary/aromatic N) is 5. The number of aromatic nitrogens is 2. The molecular weight excluding hydrogens is 356 g/mol. The van der Waals surface area contributed by atoms with Crippen molar-refractivity contribution in [2.45, 2.75) is 12.8 Å². The zero-order valence-corrected chi connectivity index (χ0v) is 15.8. The van der Waals surface area contributed by atoms with Gasteiger partial charge < -0.3 is 20.0 Å². The summed E-state index contributed by atoms with van der Waals surface area (Å²) in [7, 11) is 0. The summed E-state index contributed by atoms with van der Waals surface area (Å²) in [5.74, 6) is -0.451. The highest BCUT2D eigenvalue weighted by molar-refractivity contribution is 6.39. The van der Waals surface area contributed by atoms with Gasteiger partial charge in [0.25, 0.3) is 0 Å². The van der Waals surface area contributed by atoms with E-state index in [1.165, 1.54) is 12.8 Å². The van der Waals surface area contributed by atoms with Crippen molar-refractivity contribution in [3.8, 4) is 0 Å². The second-order valence-corrected chi connectivity index (χ2v) is 7.02. The first-order valence-corrected chi connectivity index (χ1v) is 9.68. The van der Waals surface area contributed by atoms with Crippen LogP contribution in [0.5, 0.6) is 0 Å². The summed E-state index contributed by atoms with van der Waals surface area (Å²) in [4.78, 5) is 39.2. The van der Waals surface area contributed by atoms with Crippen LogP contribution < -0.4 is 15.1 Å². The van der Waals surface area contributed by atoms with Crippen LogP contribution in [0.25, 0.3) is 0 Å². The van der Waals surface area contributed by atoms with Gasteiger partial charge in [0, 0.05) is 63.0 Å². The van der Waals surface area contributed by atoms with Crippen LogP contribution in [0, 0.1) is 0 Å². The number of carbonyl (C=O) groups excluding carboxylic acids is 2. The number of piperazine rings is 1. The van der Waals surface area contributed by atoms with Gasteiger partial charge in [0.2, 0.25) is 5.95 Å². The molecule has 2 fully saturated rings. The zero-order valence-electron chi connectivity index (χ0n) is 15.8. The number of carbonyl (C=O) groups is 2. The summed E-state index contributed by atoms with van der Waals surface area (Å²) in [5, 5.41) is 2.71. The van der Waals surface area contributed by atoms with E-state index in [0.29, 0.717) is 37.8 Å². The Morgan fingerprint density at radius 2 is 1.46 bits per heavy atom. The van der Waals surface area contributed by atoms with Crippen LogP contribution in [0.4, 0.5) is 17.3 Å². The van der Waals surface area contributed by atoms with Crippen LogP contribution >= 0.6 is 0 Å². The van der Waals surface area contributed by atoms with Gasteiger partial charge in [0.15, 0.2) is 0 Å². The summed E-state index contributed by atoms with van der Waals surface area (Å²) in [5.41, 5.74) is 1.79. The van der Waals surface area contributed by atoms with E-state index in [2.05, 4.69) is 20.2 Å². The number of nitrogens with one attached hydrogen (secondary N) is 1. The Kier molecular flexibility index (Phi) is 5.36. The molecule has 1 N–H and O–H groups in total. The molecule has 8 heteroatoms. The van der Waals surface area contributed by atoms with Crippen LogP contribution in [-0.2, 0) is 9.59 Å². The van der Waals surface area contributed by atoms with Crippen LogP contribution in [0.15, 0.2) is 42.7 Å². The maximum absolute atomic E-state index is 12.5. The standard InChI is InChI=1S/C20H24N6O2/c27-18(23-16-4-6-17(7-5-16)24-10-1-2-11-24)19(28)25-12-14-26(15-13-25)20-21-8-3-9-22-20/h3-9H,1-2,10-15H2,(H,23,27). The van der Waals surface area contributed by atoms with Crippen molar-refractivity contribution >= 4 is 29.1 Å². The van der Waals surface area contributed by atoms with Gasteiger partial charge in [0.1, 0.15) is 0 Å². The molecule has 1 aromatic carbocycles. The number of hydrogen-bond acceptors (Lipinski definition) is 6. The second-order valence-electron chi connectivity index (χ2n) is 7.02. The molecule has 2 aromatic rings. The van der Waals surface area contributed by atoms with Crippen molar-refractivity contribution in [2.24, 2.45) is 0 Å². The van der Waals surface area contributed by atoms with Crippen molar-refractivity contribution in [1.82, 2.24) is 14.9 Å². The molecule has 0 bridgehead atoms. The molecule has 1 aromatic heterocycles. The molecule has 0 atom stereocenters. The fourth-order valence-corrected chi connectivity index (χ4v) is 3.62. The predicted molar refractivity (Wildman–Crippen MR) is 107 cm³/mol. The maximum atomic E-state index is 12.5. The van der Waals surface area contributed by atoms with Gasteiger partial charge in [-0.25, -0.2) is 9.97 Å². The van der Waals surface area contributed by atoms with E-state index in [1.54, 1.807) is 23.4 Å². The second kappa shape index (κ2) is 8.24. The fraction of sp³-hybridized carbons (Fsp3) is 0.400. The smallest absolute Gasteiger partial charge is 0.313 e. The van der Waals surface area contributed by atoms with E-state index in [0.717, 1.165) is 18.8 Å². The Balaban J connectivity index is 1.29. The molecule has 0 aliphatic carbocycles. The number of amides is 2. The van der Waals surface area contributed by atoms with Gasteiger partial charge in [-0.15, -0.1) is 0 Å². The molecule has 2 amide bonds. The van der Waals surface area contributed by atoms with E-state index in [1.807, 2.05) is 29.2 Å². The summed E-state index contributed by atoms with van der Waals surface area (Å²) >= 11 is 0. The molecule has 0 saturated carbocycles. The van der Waals surface area contributed by atoms with E-state index >= 15 is 0 Å². The first-order chi connectivity index (χ1) is 13.7. The first-order valence-electron chi connectivity index (χ1n) is 9.68. The summed E-state index contributed by atoms with van der Waals surface area (Å²) < 4.78 is 0. The van der Waals surface area contributed by atoms with Gasteiger partial charge >= 0.3 is 11.8 Å². The third-order valence-electron chi connectivity index (χ3n) is 5.19. The lowest BCUT2D eigenvalue weighted by molar-refractivity contribution is -0.143. The first kappa shape index (κ1) is 18.2. The Labute approximate surface area is 164 Å². The molecule has 3 heterocycles. The van der Waals surface area contributed by atoms with Crippen molar-refractivity contribution in [3.05, 3.63) is 42.7 Å². The summed E-state index contributed by atoms with van der Waals surface area (Å²) in [6.45, 7) is 4.30. The van der Waals surface area contributed by atoms with Gasteiger partial charge in [0.05, 0.1) is 0 Å². The topological polar surface area (TPSA) is 81.7 Å². The average Bonchev–Trinajstić information content (AvgIpc) is 3.29. The minimum Gasteiger partial charge on any atom is -0.372 e. The van der Waals surface area contributed by atoms with Gasteiger partial charge in [-0.05, 0) is 43.2 Å². The third-order valence-corrected chi connectivity index (χ3v) is 5.19. The third kappa shape index (κ3) is 4.05. The maximum Gasteiger partial charge on any atom is 0.313 e. The van der Waals surface area contributed by atoms with Gasteiger partial charge in [-0.2, -0.15) is 0 Å². The van der Waals surface area contributed by atoms with Crippen molar-refractivity contribution in [2.75, 3.05) is 54.4 Å². The molecule has 8 nitrogen and oxygen atoms in total. The zero-order chi connectivity index (χ0) is 19.3. The monoisotopic (exact) mass is 380 g/mol. The molecule has 4 rings (SSSR count). The molecule has 28 heavy (non-hydrogen) atoms. The Morgan fingerprint density at radius 1 is 0.821 bits per heavy atom. The number of rotatable bonds is 3. The lowest BCUT2D eigenvalue weighted by atomic mass is 10.2. The van der Waals surface area contributed by atoms with Crippen molar-refractivity contribution in [1.29, 1.82) is 0 Å². The molecular formula is C20H24N6O2. The molecule has 2 aliphatic rings. The summed E-state index contributed by atoms with van der Waals surface area (Å²) in [6, 6.07) is 9.45. The highest BCUT2D eigenvalue weighted by Gasteiger charge is 2.27. The molecule has 0 unspecified atom stereocenters. The van der Waals surface area contributed by atoms with E-state index in [-0.39, 0.29) is 0 Å². The van der Waals surface area contributed by atoms with Crippen LogP contribution in [0.1, 0.15) is 12.8 Å². The van der Waals surface area contributed by atoms with E-state index in [9.17, 15) is 9.59 Å². The summed E-state index contributed by atoms with van der Waals surface area (Å²) in [6.07, 6.45) is 5.83. The lowest BCUT2D eigenvalue weighted by Gasteiger charge is -2.34. The SMILES string of the molecule is O=C(Nc1ccc(N2CCCC2)cc1)C(=O)N1CCN(c2ncccn2)CC1. The van der Waals surface area contributed by atoms with Crippen molar-refractivity contribution < 1.29 is 9.59 Å². The average molecular weight is 380 g/mol. The molecule has 2 aliphatic heterocycles. The molecule has 2 saturated heterocycles. The lowest BCUT2D eigenvalue weighted by Crippen LogP contribution is -2.52. The Hall–Kier alpha value is -3.16. The fourth-order valence-electron chi connectivity index (χ4n) is 3.62. The Morgan fingerprint density at radius 3 is 2.11 bits per heavy atom. The van der Waals surface area contributed by atoms with Crippen LogP contribution in [-0.4, -0.2) is 66.0 Å². The van der Waals surface area contributed by atoms with E-state index in [4.69, 9.17) is 0 Å². The van der Waals surface area contributed by atoms with Crippen LogP contribution in [0.3, 0.4) is 0 Å². The minimum absolute atomic E-state index is 0.471. The highest BCUT2D eigenvalue weighted by Crippen LogP contribution is 2.22.